The molecule has 1 heterocycles. The molecule has 96 valence electrons. The van der Waals surface area contributed by atoms with Crippen LogP contribution in [0.1, 0.15) is 25.5 Å². The van der Waals surface area contributed by atoms with Gasteiger partial charge in [-0.05, 0) is 31.2 Å². The summed E-state index contributed by atoms with van der Waals surface area (Å²) in [6.07, 6.45) is 5.37. The molecule has 0 saturated carbocycles. The summed E-state index contributed by atoms with van der Waals surface area (Å²) in [4.78, 5) is 9.40. The Morgan fingerprint density at radius 3 is 2.72 bits per heavy atom. The molecule has 0 bridgehead atoms. The minimum Gasteiger partial charge on any atom is -0.497 e. The average molecular weight is 262 g/mol. The van der Waals surface area contributed by atoms with Crippen molar-refractivity contribution in [3.05, 3.63) is 23.9 Å². The summed E-state index contributed by atoms with van der Waals surface area (Å²) in [5.74, 6) is 0.829. The lowest BCUT2D eigenvalue weighted by Gasteiger charge is -2.08. The highest BCUT2D eigenvalue weighted by Gasteiger charge is 2.08. The summed E-state index contributed by atoms with van der Waals surface area (Å²) in [7, 11) is 1.67. The van der Waals surface area contributed by atoms with Gasteiger partial charge in [-0.2, -0.15) is 0 Å². The van der Waals surface area contributed by atoms with Crippen LogP contribution in [0.5, 0.6) is 5.75 Å². The summed E-state index contributed by atoms with van der Waals surface area (Å²) in [5.41, 5.74) is 2.95. The summed E-state index contributed by atoms with van der Waals surface area (Å²) >= 11 is 1.67. The number of nitrogens with zero attached hydrogens (tertiary/aromatic N) is 2. The first-order valence-electron chi connectivity index (χ1n) is 6.17. The Hall–Kier alpha value is -1.29. The highest BCUT2D eigenvalue weighted by molar-refractivity contribution is 7.98. The van der Waals surface area contributed by atoms with Crippen molar-refractivity contribution < 1.29 is 4.74 Å². The zero-order valence-corrected chi connectivity index (χ0v) is 11.9. The van der Waals surface area contributed by atoms with E-state index in [9.17, 15) is 0 Å². The molecule has 0 aliphatic heterocycles. The summed E-state index contributed by atoms with van der Waals surface area (Å²) in [6.45, 7) is 2.19. The number of hydrogen-bond donors (Lipinski definition) is 0. The van der Waals surface area contributed by atoms with E-state index < -0.39 is 0 Å². The molecule has 1 aromatic heterocycles. The van der Waals surface area contributed by atoms with Crippen molar-refractivity contribution in [1.29, 1.82) is 0 Å². The van der Waals surface area contributed by atoms with Crippen LogP contribution in [-0.4, -0.2) is 23.3 Å². The third-order valence-electron chi connectivity index (χ3n) is 2.87. The average Bonchev–Trinajstić information content (AvgIpc) is 2.43. The third kappa shape index (κ3) is 2.75. The van der Waals surface area contributed by atoms with Crippen molar-refractivity contribution in [1.82, 2.24) is 9.97 Å². The van der Waals surface area contributed by atoms with E-state index in [1.54, 1.807) is 18.9 Å². The number of rotatable bonds is 5. The minimum atomic E-state index is 0.829. The van der Waals surface area contributed by atoms with Gasteiger partial charge in [-0.1, -0.05) is 13.3 Å². The zero-order valence-electron chi connectivity index (χ0n) is 11.1. The molecule has 0 aliphatic rings. The third-order valence-corrected chi connectivity index (χ3v) is 3.58. The molecule has 0 atom stereocenters. The highest BCUT2D eigenvalue weighted by atomic mass is 32.2. The molecule has 0 spiro atoms. The lowest BCUT2D eigenvalue weighted by atomic mass is 10.2. The number of aryl methyl sites for hydroxylation is 1. The number of thioether (sulfide) groups is 1. The van der Waals surface area contributed by atoms with Gasteiger partial charge in [0.05, 0.1) is 23.8 Å². The van der Waals surface area contributed by atoms with Gasteiger partial charge in [0.15, 0.2) is 0 Å². The first kappa shape index (κ1) is 13.1. The fraction of sp³-hybridized carbons (Fsp3) is 0.429. The normalized spacial score (nSPS) is 10.8. The van der Waals surface area contributed by atoms with Gasteiger partial charge in [0.25, 0.3) is 0 Å². The fourth-order valence-corrected chi connectivity index (χ4v) is 2.42. The highest BCUT2D eigenvalue weighted by Crippen LogP contribution is 2.24. The Balaban J connectivity index is 2.47. The Morgan fingerprint density at radius 1 is 1.22 bits per heavy atom. The molecule has 18 heavy (non-hydrogen) atoms. The van der Waals surface area contributed by atoms with Crippen LogP contribution in [-0.2, 0) is 6.42 Å². The van der Waals surface area contributed by atoms with E-state index >= 15 is 0 Å². The van der Waals surface area contributed by atoms with Crippen molar-refractivity contribution in [2.75, 3.05) is 13.4 Å². The van der Waals surface area contributed by atoms with E-state index in [1.807, 2.05) is 18.2 Å². The van der Waals surface area contributed by atoms with E-state index in [2.05, 4.69) is 18.2 Å². The monoisotopic (exact) mass is 262 g/mol. The minimum absolute atomic E-state index is 0.829. The maximum Gasteiger partial charge on any atom is 0.121 e. The van der Waals surface area contributed by atoms with Crippen LogP contribution in [0.25, 0.3) is 11.0 Å². The van der Waals surface area contributed by atoms with Crippen molar-refractivity contribution >= 4 is 22.8 Å². The van der Waals surface area contributed by atoms with E-state index in [0.717, 1.165) is 40.3 Å². The SMILES string of the molecule is CCCCc1nc2cc(OC)ccc2nc1SC. The van der Waals surface area contributed by atoms with E-state index in [4.69, 9.17) is 9.72 Å². The Bertz CT molecular complexity index is 543. The molecule has 1 aromatic carbocycles. The fourth-order valence-electron chi connectivity index (χ4n) is 1.85. The maximum absolute atomic E-state index is 5.23. The lowest BCUT2D eigenvalue weighted by Crippen LogP contribution is -1.98. The smallest absolute Gasteiger partial charge is 0.121 e. The molecular formula is C14H18N2OS. The second-order valence-corrected chi connectivity index (χ2v) is 4.93. The zero-order chi connectivity index (χ0) is 13.0. The number of unbranched alkanes of at least 4 members (excludes halogenated alkanes) is 1. The molecule has 0 fully saturated rings. The maximum atomic E-state index is 5.23. The Labute approximate surface area is 112 Å². The second kappa shape index (κ2) is 6.05. The van der Waals surface area contributed by atoms with Gasteiger partial charge in [0.2, 0.25) is 0 Å². The van der Waals surface area contributed by atoms with Crippen molar-refractivity contribution in [2.24, 2.45) is 0 Å². The van der Waals surface area contributed by atoms with Gasteiger partial charge in [0.1, 0.15) is 10.8 Å². The van der Waals surface area contributed by atoms with E-state index in [1.165, 1.54) is 6.42 Å². The molecule has 2 aromatic rings. The number of aromatic nitrogens is 2. The first-order valence-corrected chi connectivity index (χ1v) is 7.39. The summed E-state index contributed by atoms with van der Waals surface area (Å²) in [6, 6.07) is 5.83. The standard InChI is InChI=1S/C14H18N2OS/c1-4-5-6-12-14(18-3)16-11-8-7-10(17-2)9-13(11)15-12/h7-9H,4-6H2,1-3H3. The van der Waals surface area contributed by atoms with Crippen LogP contribution in [0.4, 0.5) is 0 Å². The van der Waals surface area contributed by atoms with Crippen LogP contribution in [0.3, 0.4) is 0 Å². The van der Waals surface area contributed by atoms with Crippen LogP contribution in [0.15, 0.2) is 23.2 Å². The number of hydrogen-bond acceptors (Lipinski definition) is 4. The largest absolute Gasteiger partial charge is 0.497 e. The topological polar surface area (TPSA) is 35.0 Å². The number of fused-ring (bicyclic) bond motifs is 1. The molecule has 2 rings (SSSR count). The summed E-state index contributed by atoms with van der Waals surface area (Å²) in [5, 5.41) is 1.04. The van der Waals surface area contributed by atoms with Crippen molar-refractivity contribution in [2.45, 2.75) is 31.2 Å². The second-order valence-electron chi connectivity index (χ2n) is 4.14. The quantitative estimate of drug-likeness (QED) is 0.770. The first-order chi connectivity index (χ1) is 8.78. The Morgan fingerprint density at radius 2 is 2.06 bits per heavy atom. The van der Waals surface area contributed by atoms with Crippen LogP contribution in [0.2, 0.25) is 0 Å². The van der Waals surface area contributed by atoms with Gasteiger partial charge >= 0.3 is 0 Å². The predicted octanol–water partition coefficient (Wildman–Crippen LogP) is 3.70. The van der Waals surface area contributed by atoms with Gasteiger partial charge in [0, 0.05) is 6.07 Å². The predicted molar refractivity (Wildman–Crippen MR) is 76.5 cm³/mol. The van der Waals surface area contributed by atoms with Gasteiger partial charge in [-0.25, -0.2) is 9.97 Å². The molecule has 0 aliphatic carbocycles. The van der Waals surface area contributed by atoms with Crippen LogP contribution in [0, 0.1) is 0 Å². The van der Waals surface area contributed by atoms with E-state index in [0.29, 0.717) is 0 Å². The van der Waals surface area contributed by atoms with Crippen LogP contribution < -0.4 is 4.74 Å². The van der Waals surface area contributed by atoms with Crippen molar-refractivity contribution in [3.8, 4) is 5.75 Å². The van der Waals surface area contributed by atoms with Gasteiger partial charge in [-0.15, -0.1) is 11.8 Å². The number of ether oxygens (including phenoxy) is 1. The van der Waals surface area contributed by atoms with E-state index in [-0.39, 0.29) is 0 Å². The Kier molecular flexibility index (Phi) is 4.42. The molecular weight excluding hydrogens is 244 g/mol. The molecule has 0 amide bonds. The van der Waals surface area contributed by atoms with Gasteiger partial charge in [-0.3, -0.25) is 0 Å². The molecule has 3 nitrogen and oxygen atoms in total. The molecule has 0 N–H and O–H groups in total. The van der Waals surface area contributed by atoms with Gasteiger partial charge < -0.3 is 4.74 Å². The number of methoxy groups -OCH3 is 1. The molecule has 0 saturated heterocycles. The summed E-state index contributed by atoms with van der Waals surface area (Å²) < 4.78 is 5.23. The van der Waals surface area contributed by atoms with Crippen molar-refractivity contribution in [3.63, 3.8) is 0 Å². The molecule has 0 radical (unpaired) electrons. The molecule has 4 heteroatoms. The molecule has 0 unspecified atom stereocenters. The van der Waals surface area contributed by atoms with Crippen LogP contribution >= 0.6 is 11.8 Å². The number of benzene rings is 1. The lowest BCUT2D eigenvalue weighted by molar-refractivity contribution is 0.415.